The highest BCUT2D eigenvalue weighted by atomic mass is 19.1. The molecule has 0 radical (unpaired) electrons. The summed E-state index contributed by atoms with van der Waals surface area (Å²) in [7, 11) is 0. The van der Waals surface area contributed by atoms with Crippen molar-refractivity contribution in [3.8, 4) is 5.75 Å². The van der Waals surface area contributed by atoms with Gasteiger partial charge in [-0.2, -0.15) is 0 Å². The number of hydrogen-bond acceptors (Lipinski definition) is 3. The molecule has 0 aliphatic rings. The smallest absolute Gasteiger partial charge is 0.141 e. The van der Waals surface area contributed by atoms with Crippen molar-refractivity contribution in [3.63, 3.8) is 0 Å². The molecule has 3 nitrogen and oxygen atoms in total. The van der Waals surface area contributed by atoms with Crippen LogP contribution in [0.15, 0.2) is 42.7 Å². The molecule has 1 aromatic carbocycles. The molecule has 1 heterocycles. The highest BCUT2D eigenvalue weighted by molar-refractivity contribution is 5.34. The zero-order chi connectivity index (χ0) is 13.0. The topological polar surface area (TPSA) is 42.4 Å². The van der Waals surface area contributed by atoms with Crippen LogP contribution in [0.2, 0.25) is 0 Å². The molecule has 0 aliphatic heterocycles. The van der Waals surface area contributed by atoms with Gasteiger partial charge in [-0.25, -0.2) is 4.39 Å². The van der Waals surface area contributed by atoms with E-state index < -0.39 is 6.10 Å². The molecule has 94 valence electrons. The number of aliphatic hydroxyl groups excluding tert-OH is 1. The van der Waals surface area contributed by atoms with Gasteiger partial charge in [-0.1, -0.05) is 18.2 Å². The second kappa shape index (κ2) is 5.60. The Morgan fingerprint density at radius 1 is 1.33 bits per heavy atom. The summed E-state index contributed by atoms with van der Waals surface area (Å²) >= 11 is 0. The predicted octanol–water partition coefficient (Wildman–Crippen LogP) is 2.85. The standard InChI is InChI=1S/C14H14FNO2/c1-10(17)13-4-2-3-5-14(13)18-9-11-6-12(15)8-16-7-11/h2-8,10,17H,9H2,1H3/t10-/m1/s1. The van der Waals surface area contributed by atoms with E-state index in [9.17, 15) is 9.50 Å². The lowest BCUT2D eigenvalue weighted by Gasteiger charge is -2.13. The first-order chi connectivity index (χ1) is 8.66. The number of nitrogens with zero attached hydrogens (tertiary/aromatic N) is 1. The Balaban J connectivity index is 2.11. The molecule has 0 fully saturated rings. The van der Waals surface area contributed by atoms with E-state index in [2.05, 4.69) is 4.98 Å². The molecule has 0 amide bonds. The van der Waals surface area contributed by atoms with Gasteiger partial charge in [-0.15, -0.1) is 0 Å². The molecule has 2 aromatic rings. The van der Waals surface area contributed by atoms with Crippen LogP contribution in [0, 0.1) is 5.82 Å². The summed E-state index contributed by atoms with van der Waals surface area (Å²) in [5, 5.41) is 9.59. The summed E-state index contributed by atoms with van der Waals surface area (Å²) in [6.45, 7) is 1.89. The van der Waals surface area contributed by atoms with Gasteiger partial charge in [0.05, 0.1) is 12.3 Å². The monoisotopic (exact) mass is 247 g/mol. The molecule has 2 rings (SSSR count). The molecule has 0 bridgehead atoms. The maximum atomic E-state index is 12.9. The second-order valence-electron chi connectivity index (χ2n) is 4.01. The molecule has 0 unspecified atom stereocenters. The van der Waals surface area contributed by atoms with Gasteiger partial charge in [0, 0.05) is 17.3 Å². The number of para-hydroxylation sites is 1. The van der Waals surface area contributed by atoms with Crippen LogP contribution in [-0.2, 0) is 6.61 Å². The van der Waals surface area contributed by atoms with Crippen molar-refractivity contribution in [1.82, 2.24) is 4.98 Å². The van der Waals surface area contributed by atoms with Crippen LogP contribution in [0.5, 0.6) is 5.75 Å². The Kier molecular flexibility index (Phi) is 3.89. The van der Waals surface area contributed by atoms with E-state index in [1.807, 2.05) is 12.1 Å². The number of halogens is 1. The molecule has 1 N–H and O–H groups in total. The molecule has 4 heteroatoms. The Bertz CT molecular complexity index is 529. The molecule has 18 heavy (non-hydrogen) atoms. The molecular formula is C14H14FNO2. The maximum absolute atomic E-state index is 12.9. The Hall–Kier alpha value is -1.94. The van der Waals surface area contributed by atoms with E-state index in [0.717, 1.165) is 6.20 Å². The van der Waals surface area contributed by atoms with E-state index in [0.29, 0.717) is 16.9 Å². The molecule has 0 aliphatic carbocycles. The molecular weight excluding hydrogens is 233 g/mol. The fourth-order valence-electron chi connectivity index (χ4n) is 1.65. The van der Waals surface area contributed by atoms with Crippen LogP contribution < -0.4 is 4.74 Å². The van der Waals surface area contributed by atoms with Crippen molar-refractivity contribution < 1.29 is 14.2 Å². The average Bonchev–Trinajstić information content (AvgIpc) is 2.37. The second-order valence-corrected chi connectivity index (χ2v) is 4.01. The van der Waals surface area contributed by atoms with Crippen LogP contribution >= 0.6 is 0 Å². The largest absolute Gasteiger partial charge is 0.488 e. The molecule has 0 spiro atoms. The van der Waals surface area contributed by atoms with Crippen LogP contribution in [0.1, 0.15) is 24.2 Å². The predicted molar refractivity (Wildman–Crippen MR) is 65.6 cm³/mol. The average molecular weight is 247 g/mol. The number of benzene rings is 1. The van der Waals surface area contributed by atoms with E-state index in [4.69, 9.17) is 4.74 Å². The fourth-order valence-corrected chi connectivity index (χ4v) is 1.65. The third kappa shape index (κ3) is 3.05. The zero-order valence-corrected chi connectivity index (χ0v) is 10.0. The quantitative estimate of drug-likeness (QED) is 0.903. The van der Waals surface area contributed by atoms with Crippen LogP contribution in [0.25, 0.3) is 0 Å². The maximum Gasteiger partial charge on any atom is 0.141 e. The van der Waals surface area contributed by atoms with Crippen molar-refractivity contribution in [2.24, 2.45) is 0 Å². The normalized spacial score (nSPS) is 12.2. The molecule has 0 saturated heterocycles. The number of pyridine rings is 1. The lowest BCUT2D eigenvalue weighted by molar-refractivity contribution is 0.190. The number of hydrogen-bond donors (Lipinski definition) is 1. The fraction of sp³-hybridized carbons (Fsp3) is 0.214. The van der Waals surface area contributed by atoms with E-state index in [1.165, 1.54) is 6.07 Å². The summed E-state index contributed by atoms with van der Waals surface area (Å²) < 4.78 is 18.5. The van der Waals surface area contributed by atoms with E-state index in [-0.39, 0.29) is 12.4 Å². The van der Waals surface area contributed by atoms with Gasteiger partial charge in [-0.3, -0.25) is 4.98 Å². The third-order valence-corrected chi connectivity index (χ3v) is 2.52. The van der Waals surface area contributed by atoms with Gasteiger partial charge < -0.3 is 9.84 Å². The highest BCUT2D eigenvalue weighted by Crippen LogP contribution is 2.25. The molecule has 1 aromatic heterocycles. The van der Waals surface area contributed by atoms with Crippen LogP contribution in [0.3, 0.4) is 0 Å². The number of ether oxygens (including phenoxy) is 1. The van der Waals surface area contributed by atoms with Crippen LogP contribution in [-0.4, -0.2) is 10.1 Å². The molecule has 0 saturated carbocycles. The summed E-state index contributed by atoms with van der Waals surface area (Å²) in [5.41, 5.74) is 1.36. The van der Waals surface area contributed by atoms with Crippen molar-refractivity contribution in [1.29, 1.82) is 0 Å². The van der Waals surface area contributed by atoms with Crippen molar-refractivity contribution in [2.75, 3.05) is 0 Å². The summed E-state index contributed by atoms with van der Waals surface area (Å²) in [6.07, 6.45) is 2.09. The summed E-state index contributed by atoms with van der Waals surface area (Å²) in [5.74, 6) is 0.205. The van der Waals surface area contributed by atoms with Gasteiger partial charge in [0.1, 0.15) is 18.2 Å². The van der Waals surface area contributed by atoms with Crippen molar-refractivity contribution in [3.05, 3.63) is 59.7 Å². The lowest BCUT2D eigenvalue weighted by Crippen LogP contribution is -2.01. The number of aromatic nitrogens is 1. The van der Waals surface area contributed by atoms with Gasteiger partial charge in [0.2, 0.25) is 0 Å². The first-order valence-electron chi connectivity index (χ1n) is 5.66. The van der Waals surface area contributed by atoms with Gasteiger partial charge in [-0.05, 0) is 19.1 Å². The van der Waals surface area contributed by atoms with Gasteiger partial charge in [0.15, 0.2) is 0 Å². The highest BCUT2D eigenvalue weighted by Gasteiger charge is 2.08. The first kappa shape index (κ1) is 12.5. The molecule has 1 atom stereocenters. The minimum atomic E-state index is -0.605. The zero-order valence-electron chi connectivity index (χ0n) is 10.0. The van der Waals surface area contributed by atoms with Crippen LogP contribution in [0.4, 0.5) is 4.39 Å². The Morgan fingerprint density at radius 2 is 2.11 bits per heavy atom. The SMILES string of the molecule is C[C@@H](O)c1ccccc1OCc1cncc(F)c1. The van der Waals surface area contributed by atoms with Gasteiger partial charge >= 0.3 is 0 Å². The summed E-state index contributed by atoms with van der Waals surface area (Å²) in [4.78, 5) is 3.75. The lowest BCUT2D eigenvalue weighted by atomic mass is 10.1. The minimum Gasteiger partial charge on any atom is -0.488 e. The Morgan fingerprint density at radius 3 is 2.83 bits per heavy atom. The first-order valence-corrected chi connectivity index (χ1v) is 5.66. The Labute approximate surface area is 105 Å². The summed E-state index contributed by atoms with van der Waals surface area (Å²) in [6, 6.07) is 8.60. The van der Waals surface area contributed by atoms with Gasteiger partial charge in [0.25, 0.3) is 0 Å². The van der Waals surface area contributed by atoms with E-state index >= 15 is 0 Å². The van der Waals surface area contributed by atoms with Crippen molar-refractivity contribution >= 4 is 0 Å². The number of rotatable bonds is 4. The van der Waals surface area contributed by atoms with Crippen molar-refractivity contribution in [2.45, 2.75) is 19.6 Å². The number of aliphatic hydroxyl groups is 1. The minimum absolute atomic E-state index is 0.217. The third-order valence-electron chi connectivity index (χ3n) is 2.52. The van der Waals surface area contributed by atoms with E-state index in [1.54, 1.807) is 25.3 Å².